The number of rotatable bonds is 5. The predicted octanol–water partition coefficient (Wildman–Crippen LogP) is 1.44. The predicted molar refractivity (Wildman–Crippen MR) is 49.2 cm³/mol. The third kappa shape index (κ3) is 3.72. The molecular weight excluding hydrogens is 154 g/mol. The molecule has 0 saturated carbocycles. The van der Waals surface area contributed by atoms with Crippen molar-refractivity contribution in [1.82, 2.24) is 4.90 Å². The molecule has 72 valence electrons. The van der Waals surface area contributed by atoms with Gasteiger partial charge >= 0.3 is 5.97 Å². The Morgan fingerprint density at radius 3 is 2.25 bits per heavy atom. The molecule has 0 aliphatic carbocycles. The first kappa shape index (κ1) is 11.4. The minimum Gasteiger partial charge on any atom is -0.480 e. The van der Waals surface area contributed by atoms with Crippen LogP contribution in [0.5, 0.6) is 0 Å². The summed E-state index contributed by atoms with van der Waals surface area (Å²) in [5, 5.41) is 8.88. The maximum atomic E-state index is 10.8. The summed E-state index contributed by atoms with van der Waals surface area (Å²) >= 11 is 0. The smallest absolute Gasteiger partial charge is 0.320 e. The lowest BCUT2D eigenvalue weighted by molar-refractivity contribution is -0.143. The third-order valence-electron chi connectivity index (χ3n) is 2.01. The first-order valence-electron chi connectivity index (χ1n) is 4.42. The fraction of sp³-hybridized carbons (Fsp3) is 0.889. The van der Waals surface area contributed by atoms with E-state index in [2.05, 4.69) is 0 Å². The summed E-state index contributed by atoms with van der Waals surface area (Å²) in [5.41, 5.74) is 0. The summed E-state index contributed by atoms with van der Waals surface area (Å²) in [7, 11) is 1.85. The molecule has 0 aromatic carbocycles. The number of nitrogens with zero attached hydrogens (tertiary/aromatic N) is 1. The van der Waals surface area contributed by atoms with E-state index >= 15 is 0 Å². The Hall–Kier alpha value is -0.570. The van der Waals surface area contributed by atoms with Gasteiger partial charge in [-0.3, -0.25) is 9.69 Å². The highest BCUT2D eigenvalue weighted by atomic mass is 16.4. The topological polar surface area (TPSA) is 40.5 Å². The van der Waals surface area contributed by atoms with Crippen molar-refractivity contribution in [3.8, 4) is 0 Å². The number of carboxylic acid groups (broad SMARTS) is 1. The zero-order valence-corrected chi connectivity index (χ0v) is 8.37. The molecule has 0 aromatic rings. The van der Waals surface area contributed by atoms with Crippen LogP contribution in [-0.4, -0.2) is 35.6 Å². The van der Waals surface area contributed by atoms with Crippen molar-refractivity contribution in [3.05, 3.63) is 0 Å². The van der Waals surface area contributed by atoms with E-state index in [0.717, 1.165) is 13.0 Å². The van der Waals surface area contributed by atoms with E-state index in [9.17, 15) is 4.79 Å². The standard InChI is InChI=1S/C9H19NO2/c1-5-10(4)8(9(11)12)6-7(2)3/h7-8H,5-6H2,1-4H3,(H,11,12). The Kier molecular flexibility index (Phi) is 4.90. The number of hydrogen-bond acceptors (Lipinski definition) is 2. The molecule has 0 saturated heterocycles. The van der Waals surface area contributed by atoms with Gasteiger partial charge in [-0.2, -0.15) is 0 Å². The molecule has 0 aliphatic rings. The van der Waals surface area contributed by atoms with Crippen LogP contribution < -0.4 is 0 Å². The average Bonchev–Trinajstić information content (AvgIpc) is 1.98. The molecule has 0 fully saturated rings. The van der Waals surface area contributed by atoms with E-state index < -0.39 is 5.97 Å². The monoisotopic (exact) mass is 173 g/mol. The van der Waals surface area contributed by atoms with Crippen LogP contribution in [0.1, 0.15) is 27.2 Å². The van der Waals surface area contributed by atoms with E-state index in [4.69, 9.17) is 5.11 Å². The highest BCUT2D eigenvalue weighted by Gasteiger charge is 2.21. The van der Waals surface area contributed by atoms with Gasteiger partial charge in [0.2, 0.25) is 0 Å². The van der Waals surface area contributed by atoms with Gasteiger partial charge in [-0.05, 0) is 25.9 Å². The molecule has 1 atom stereocenters. The van der Waals surface area contributed by atoms with Gasteiger partial charge in [0.1, 0.15) is 6.04 Å². The summed E-state index contributed by atoms with van der Waals surface area (Å²) in [4.78, 5) is 12.7. The zero-order chi connectivity index (χ0) is 9.72. The van der Waals surface area contributed by atoms with Crippen LogP contribution in [0, 0.1) is 5.92 Å². The summed E-state index contributed by atoms with van der Waals surface area (Å²) < 4.78 is 0. The largest absolute Gasteiger partial charge is 0.480 e. The Labute approximate surface area is 74.4 Å². The van der Waals surface area contributed by atoms with Crippen LogP contribution in [0.2, 0.25) is 0 Å². The molecule has 0 aliphatic heterocycles. The third-order valence-corrected chi connectivity index (χ3v) is 2.01. The van der Waals surface area contributed by atoms with Gasteiger partial charge in [-0.15, -0.1) is 0 Å². The van der Waals surface area contributed by atoms with Crippen LogP contribution in [0.4, 0.5) is 0 Å². The van der Waals surface area contributed by atoms with E-state index in [1.54, 1.807) is 0 Å². The summed E-state index contributed by atoms with van der Waals surface area (Å²) in [6, 6.07) is -0.324. The summed E-state index contributed by atoms with van der Waals surface area (Å²) in [5.74, 6) is -0.284. The summed E-state index contributed by atoms with van der Waals surface area (Å²) in [6.45, 7) is 6.83. The fourth-order valence-electron chi connectivity index (χ4n) is 1.14. The van der Waals surface area contributed by atoms with Crippen molar-refractivity contribution in [3.63, 3.8) is 0 Å². The molecule has 0 spiro atoms. The Morgan fingerprint density at radius 1 is 1.50 bits per heavy atom. The lowest BCUT2D eigenvalue weighted by Gasteiger charge is -2.24. The van der Waals surface area contributed by atoms with Crippen LogP contribution in [-0.2, 0) is 4.79 Å². The number of likely N-dealkylation sites (N-methyl/N-ethyl adjacent to an activating group) is 1. The molecule has 1 unspecified atom stereocenters. The number of carboxylic acids is 1. The first-order valence-corrected chi connectivity index (χ1v) is 4.42. The van der Waals surface area contributed by atoms with E-state index in [0.29, 0.717) is 5.92 Å². The van der Waals surface area contributed by atoms with Gasteiger partial charge in [-0.1, -0.05) is 20.8 Å². The quantitative estimate of drug-likeness (QED) is 0.684. The molecular formula is C9H19NO2. The Morgan fingerprint density at radius 2 is 2.00 bits per heavy atom. The number of carbonyl (C=O) groups is 1. The van der Waals surface area contributed by atoms with E-state index in [-0.39, 0.29) is 6.04 Å². The van der Waals surface area contributed by atoms with E-state index in [1.807, 2.05) is 32.7 Å². The molecule has 0 radical (unpaired) electrons. The molecule has 0 amide bonds. The second kappa shape index (κ2) is 5.14. The minimum absolute atomic E-state index is 0.324. The van der Waals surface area contributed by atoms with Crippen molar-refractivity contribution < 1.29 is 9.90 Å². The normalized spacial score (nSPS) is 13.8. The van der Waals surface area contributed by atoms with Gasteiger partial charge in [-0.25, -0.2) is 0 Å². The second-order valence-corrected chi connectivity index (χ2v) is 3.56. The lowest BCUT2D eigenvalue weighted by Crippen LogP contribution is -2.39. The number of aliphatic carboxylic acids is 1. The van der Waals surface area contributed by atoms with Crippen LogP contribution in [0.15, 0.2) is 0 Å². The molecule has 12 heavy (non-hydrogen) atoms. The van der Waals surface area contributed by atoms with Gasteiger partial charge in [0.05, 0.1) is 0 Å². The first-order chi connectivity index (χ1) is 5.49. The van der Waals surface area contributed by atoms with Crippen molar-refractivity contribution >= 4 is 5.97 Å². The molecule has 3 heteroatoms. The summed E-state index contributed by atoms with van der Waals surface area (Å²) in [6.07, 6.45) is 0.722. The van der Waals surface area contributed by atoms with Crippen LogP contribution in [0.3, 0.4) is 0 Å². The van der Waals surface area contributed by atoms with Crippen molar-refractivity contribution in [2.75, 3.05) is 13.6 Å². The Bertz CT molecular complexity index is 145. The molecule has 0 bridgehead atoms. The fourth-order valence-corrected chi connectivity index (χ4v) is 1.14. The second-order valence-electron chi connectivity index (χ2n) is 3.56. The maximum Gasteiger partial charge on any atom is 0.320 e. The van der Waals surface area contributed by atoms with Crippen LogP contribution >= 0.6 is 0 Å². The van der Waals surface area contributed by atoms with Crippen molar-refractivity contribution in [2.45, 2.75) is 33.2 Å². The zero-order valence-electron chi connectivity index (χ0n) is 8.37. The maximum absolute atomic E-state index is 10.8. The lowest BCUT2D eigenvalue weighted by atomic mass is 10.0. The average molecular weight is 173 g/mol. The van der Waals surface area contributed by atoms with Crippen molar-refractivity contribution in [2.24, 2.45) is 5.92 Å². The molecule has 1 N–H and O–H groups in total. The number of hydrogen-bond donors (Lipinski definition) is 1. The minimum atomic E-state index is -0.715. The van der Waals surface area contributed by atoms with E-state index in [1.165, 1.54) is 0 Å². The molecule has 3 nitrogen and oxygen atoms in total. The van der Waals surface area contributed by atoms with Gasteiger partial charge < -0.3 is 5.11 Å². The van der Waals surface area contributed by atoms with Crippen molar-refractivity contribution in [1.29, 1.82) is 0 Å². The SMILES string of the molecule is CCN(C)C(CC(C)C)C(=O)O. The molecule has 0 aromatic heterocycles. The van der Waals surface area contributed by atoms with Gasteiger partial charge in [0.15, 0.2) is 0 Å². The highest BCUT2D eigenvalue weighted by Crippen LogP contribution is 2.09. The molecule has 0 heterocycles. The van der Waals surface area contributed by atoms with Gasteiger partial charge in [0.25, 0.3) is 0 Å². The highest BCUT2D eigenvalue weighted by molar-refractivity contribution is 5.73. The van der Waals surface area contributed by atoms with Gasteiger partial charge in [0, 0.05) is 0 Å². The Balaban J connectivity index is 4.13. The molecule has 0 rings (SSSR count). The van der Waals surface area contributed by atoms with Crippen LogP contribution in [0.25, 0.3) is 0 Å².